The van der Waals surface area contributed by atoms with Crippen LogP contribution in [0.4, 0.5) is 0 Å². The van der Waals surface area contributed by atoms with Crippen molar-refractivity contribution in [3.8, 4) is 11.4 Å². The van der Waals surface area contributed by atoms with E-state index < -0.39 is 0 Å². The summed E-state index contributed by atoms with van der Waals surface area (Å²) in [5.74, 6) is 0.724. The lowest BCUT2D eigenvalue weighted by atomic mass is 10.2. The number of aromatic nitrogens is 1. The van der Waals surface area contributed by atoms with Crippen molar-refractivity contribution in [2.75, 3.05) is 33.3 Å². The predicted octanol–water partition coefficient (Wildman–Crippen LogP) is 3.06. The number of rotatable bonds is 3. The second-order valence-corrected chi connectivity index (χ2v) is 7.17. The molecule has 1 aliphatic heterocycles. The Hall–Kier alpha value is -2.47. The van der Waals surface area contributed by atoms with Crippen molar-refractivity contribution < 1.29 is 14.3 Å². The van der Waals surface area contributed by atoms with Gasteiger partial charge in [0.05, 0.1) is 18.4 Å². The molecule has 3 rings (SSSR count). The summed E-state index contributed by atoms with van der Waals surface area (Å²) in [6.07, 6.45) is 0. The van der Waals surface area contributed by atoms with Gasteiger partial charge < -0.3 is 19.1 Å². The van der Waals surface area contributed by atoms with Crippen LogP contribution in [0.5, 0.6) is 5.75 Å². The van der Waals surface area contributed by atoms with Crippen LogP contribution < -0.4 is 4.74 Å². The maximum atomic E-state index is 13.1. The van der Waals surface area contributed by atoms with Crippen LogP contribution in [0.1, 0.15) is 28.7 Å². The van der Waals surface area contributed by atoms with Gasteiger partial charge in [0.25, 0.3) is 5.91 Å². The summed E-state index contributed by atoms with van der Waals surface area (Å²) in [7, 11) is 1.61. The smallest absolute Gasteiger partial charge is 0.255 e. The highest BCUT2D eigenvalue weighted by molar-refractivity contribution is 6.30. The monoisotopic (exact) mass is 389 g/mol. The van der Waals surface area contributed by atoms with Crippen molar-refractivity contribution in [2.24, 2.45) is 0 Å². The molecule has 1 saturated heterocycles. The maximum absolute atomic E-state index is 13.1. The van der Waals surface area contributed by atoms with E-state index in [0.29, 0.717) is 42.5 Å². The van der Waals surface area contributed by atoms with Crippen LogP contribution in [-0.2, 0) is 4.79 Å². The lowest BCUT2D eigenvalue weighted by molar-refractivity contribution is -0.130. The molecule has 7 heteroatoms. The number of carbonyl (C=O) groups excluding carboxylic acids is 2. The van der Waals surface area contributed by atoms with Gasteiger partial charge in [-0.25, -0.2) is 0 Å². The molecule has 0 saturated carbocycles. The van der Waals surface area contributed by atoms with Crippen molar-refractivity contribution >= 4 is 23.4 Å². The van der Waals surface area contributed by atoms with Crippen molar-refractivity contribution in [1.29, 1.82) is 0 Å². The average molecular weight is 390 g/mol. The molecule has 1 aromatic carbocycles. The van der Waals surface area contributed by atoms with Crippen LogP contribution in [0, 0.1) is 13.8 Å². The molecule has 0 atom stereocenters. The molecule has 6 nitrogen and oxygen atoms in total. The highest BCUT2D eigenvalue weighted by atomic mass is 35.5. The molecule has 0 spiro atoms. The second kappa shape index (κ2) is 7.64. The third-order valence-corrected chi connectivity index (χ3v) is 5.29. The zero-order chi connectivity index (χ0) is 19.7. The van der Waals surface area contributed by atoms with E-state index in [4.69, 9.17) is 16.3 Å². The number of hydrogen-bond donors (Lipinski definition) is 0. The number of methoxy groups -OCH3 is 1. The molecular weight excluding hydrogens is 366 g/mol. The number of halogens is 1. The standard InChI is InChI=1S/C20H24ClN3O3/c1-13-11-17(20(26)23-9-7-22(8-10-23)15(3)25)14(2)24(13)18-12-16(21)5-6-19(18)27-4/h5-6,11-12H,7-10H2,1-4H3. The van der Waals surface area contributed by atoms with Gasteiger partial charge in [0.15, 0.2) is 0 Å². The Labute approximate surface area is 164 Å². The molecule has 0 bridgehead atoms. The number of piperazine rings is 1. The summed E-state index contributed by atoms with van der Waals surface area (Å²) in [5, 5.41) is 0.603. The molecular formula is C20H24ClN3O3. The van der Waals surface area contributed by atoms with Gasteiger partial charge in [-0.1, -0.05) is 11.6 Å². The largest absolute Gasteiger partial charge is 0.495 e. The van der Waals surface area contributed by atoms with Gasteiger partial charge in [-0.2, -0.15) is 0 Å². The molecule has 0 radical (unpaired) electrons. The minimum Gasteiger partial charge on any atom is -0.495 e. The van der Waals surface area contributed by atoms with Gasteiger partial charge in [-0.15, -0.1) is 0 Å². The number of nitrogens with zero attached hydrogens (tertiary/aromatic N) is 3. The number of ether oxygens (including phenoxy) is 1. The summed E-state index contributed by atoms with van der Waals surface area (Å²) in [4.78, 5) is 28.1. The fourth-order valence-electron chi connectivity index (χ4n) is 3.58. The summed E-state index contributed by atoms with van der Waals surface area (Å²) in [6.45, 7) is 7.67. The zero-order valence-corrected chi connectivity index (χ0v) is 16.8. The lowest BCUT2D eigenvalue weighted by Crippen LogP contribution is -2.50. The lowest BCUT2D eigenvalue weighted by Gasteiger charge is -2.34. The Balaban J connectivity index is 1.92. The number of amides is 2. The van der Waals surface area contributed by atoms with Crippen LogP contribution in [0.15, 0.2) is 24.3 Å². The van der Waals surface area contributed by atoms with E-state index in [9.17, 15) is 9.59 Å². The molecule has 1 aromatic heterocycles. The highest BCUT2D eigenvalue weighted by Crippen LogP contribution is 2.31. The Morgan fingerprint density at radius 1 is 1.04 bits per heavy atom. The van der Waals surface area contributed by atoms with Gasteiger partial charge in [0.1, 0.15) is 5.75 Å². The van der Waals surface area contributed by atoms with E-state index in [1.165, 1.54) is 0 Å². The molecule has 0 N–H and O–H groups in total. The molecule has 144 valence electrons. The number of benzene rings is 1. The van der Waals surface area contributed by atoms with Crippen LogP contribution in [0.3, 0.4) is 0 Å². The van der Waals surface area contributed by atoms with E-state index in [2.05, 4.69) is 0 Å². The molecule has 2 aromatic rings. The first-order chi connectivity index (χ1) is 12.8. The number of aryl methyl sites for hydroxylation is 1. The Morgan fingerprint density at radius 2 is 1.67 bits per heavy atom. The Bertz CT molecular complexity index is 883. The zero-order valence-electron chi connectivity index (χ0n) is 16.1. The molecule has 0 unspecified atom stereocenters. The van der Waals surface area contributed by atoms with Crippen molar-refractivity contribution in [2.45, 2.75) is 20.8 Å². The van der Waals surface area contributed by atoms with Crippen molar-refractivity contribution in [1.82, 2.24) is 14.4 Å². The number of carbonyl (C=O) groups is 2. The van der Waals surface area contributed by atoms with E-state index in [1.807, 2.05) is 36.6 Å². The molecule has 2 amide bonds. The maximum Gasteiger partial charge on any atom is 0.255 e. The molecule has 1 fully saturated rings. The number of hydrogen-bond acceptors (Lipinski definition) is 3. The first-order valence-corrected chi connectivity index (χ1v) is 9.29. The fraction of sp³-hybridized carbons (Fsp3) is 0.400. The molecule has 1 aliphatic rings. The normalized spacial score (nSPS) is 14.4. The first-order valence-electron chi connectivity index (χ1n) is 8.91. The quantitative estimate of drug-likeness (QED) is 0.810. The van der Waals surface area contributed by atoms with Crippen LogP contribution in [0.2, 0.25) is 5.02 Å². The highest BCUT2D eigenvalue weighted by Gasteiger charge is 2.26. The third kappa shape index (κ3) is 3.67. The fourth-order valence-corrected chi connectivity index (χ4v) is 3.75. The third-order valence-electron chi connectivity index (χ3n) is 5.06. The van der Waals surface area contributed by atoms with Gasteiger partial charge in [0, 0.05) is 49.5 Å². The van der Waals surface area contributed by atoms with Crippen LogP contribution >= 0.6 is 11.6 Å². The Kier molecular flexibility index (Phi) is 5.46. The Morgan fingerprint density at radius 3 is 2.26 bits per heavy atom. The summed E-state index contributed by atoms with van der Waals surface area (Å²) >= 11 is 6.18. The van der Waals surface area contributed by atoms with Crippen molar-refractivity contribution in [3.63, 3.8) is 0 Å². The molecule has 27 heavy (non-hydrogen) atoms. The van der Waals surface area contributed by atoms with E-state index >= 15 is 0 Å². The SMILES string of the molecule is COc1ccc(Cl)cc1-n1c(C)cc(C(=O)N2CCN(C(C)=O)CC2)c1C. The van der Waals surface area contributed by atoms with Crippen LogP contribution in [0.25, 0.3) is 5.69 Å². The van der Waals surface area contributed by atoms with E-state index in [0.717, 1.165) is 17.1 Å². The van der Waals surface area contributed by atoms with Gasteiger partial charge >= 0.3 is 0 Å². The van der Waals surface area contributed by atoms with Gasteiger partial charge in [-0.05, 0) is 38.1 Å². The van der Waals surface area contributed by atoms with E-state index in [1.54, 1.807) is 29.9 Å². The topological polar surface area (TPSA) is 54.8 Å². The molecule has 2 heterocycles. The summed E-state index contributed by atoms with van der Waals surface area (Å²) in [5.41, 5.74) is 3.23. The van der Waals surface area contributed by atoms with Crippen molar-refractivity contribution in [3.05, 3.63) is 46.2 Å². The second-order valence-electron chi connectivity index (χ2n) is 6.73. The predicted molar refractivity (Wildman–Crippen MR) is 105 cm³/mol. The minimum atomic E-state index is -0.0152. The van der Waals surface area contributed by atoms with Gasteiger partial charge in [-0.3, -0.25) is 9.59 Å². The first kappa shape index (κ1) is 19.3. The molecule has 0 aliphatic carbocycles. The van der Waals surface area contributed by atoms with Crippen LogP contribution in [-0.4, -0.2) is 59.5 Å². The van der Waals surface area contributed by atoms with E-state index in [-0.39, 0.29) is 11.8 Å². The summed E-state index contributed by atoms with van der Waals surface area (Å²) in [6, 6.07) is 7.33. The minimum absolute atomic E-state index is 0.0152. The van der Waals surface area contributed by atoms with Gasteiger partial charge in [0.2, 0.25) is 5.91 Å². The average Bonchev–Trinajstić information content (AvgIpc) is 2.95. The summed E-state index contributed by atoms with van der Waals surface area (Å²) < 4.78 is 7.46.